The van der Waals surface area contributed by atoms with Gasteiger partial charge in [0, 0.05) is 88.6 Å². The van der Waals surface area contributed by atoms with Crippen molar-refractivity contribution in [2.45, 2.75) is 0 Å². The van der Waals surface area contributed by atoms with E-state index in [1.807, 2.05) is 24.3 Å². The van der Waals surface area contributed by atoms with Gasteiger partial charge in [-0.15, -0.1) is 0 Å². The van der Waals surface area contributed by atoms with Gasteiger partial charge in [-0.25, -0.2) is 0 Å². The second-order valence-electron chi connectivity index (χ2n) is 32.3. The molecule has 4 heterocycles. The molecule has 0 fully saturated rings. The van der Waals surface area contributed by atoms with Gasteiger partial charge < -0.3 is 27.8 Å². The number of anilines is 6. The third-order valence-electron chi connectivity index (χ3n) is 24.7. The maximum absolute atomic E-state index is 6.30. The normalized spacial score (nSPS) is 11.5. The van der Waals surface area contributed by atoms with Crippen molar-refractivity contribution in [2.24, 2.45) is 0 Å². The second kappa shape index (κ2) is 32.0. The molecular formula is C120H80N4O2. The summed E-state index contributed by atoms with van der Waals surface area (Å²) in [4.78, 5) is 4.79. The number of para-hydroxylation sites is 6. The van der Waals surface area contributed by atoms with Crippen molar-refractivity contribution in [3.63, 3.8) is 0 Å². The van der Waals surface area contributed by atoms with Crippen LogP contribution >= 0.6 is 0 Å². The SMILES string of the molecule is c1ccc(-c2ccc(N(c3ccc(-c4ccccc4)cc3)c3cc(-c4ccc5oc6ccccc6c5c4)cc(-c4ccc5c(c4)c4ccccc4n5-c4ccccc4)c3)cc2)cc1.c1ccc(-c2ccc(N(c3cccc(-c4ccccc4)c3)c3cc(-c4ccc5oc6ccccc6c5c4)cc(-c4ccc5c(c4)c4ccccc4n5-c4ccccc4)c3)cc2)cc1. The molecule has 0 aliphatic carbocycles. The van der Waals surface area contributed by atoms with Crippen LogP contribution in [-0.4, -0.2) is 9.13 Å². The van der Waals surface area contributed by atoms with Crippen molar-refractivity contribution in [3.05, 3.63) is 485 Å². The summed E-state index contributed by atoms with van der Waals surface area (Å²) in [5.74, 6) is 0. The molecule has 0 atom stereocenters. The fraction of sp³-hybridized carbons (Fsp3) is 0. The standard InChI is InChI=1S/2C60H40N2O/c1-4-15-41(16-5-1)43-27-31-50(32-28-43)61(51-22-14-19-44(36-51)42-17-6-2-7-18-42)52-37-47(35-48(38-52)46-30-34-60-56(40-46)54-24-11-13-26-59(54)63-60)45-29-33-58-55(39-45)53-23-10-12-25-57(53)62(58)49-20-8-3-9-21-49;1-4-14-41(15-5-1)43-24-30-50(31-25-43)61(51-32-26-44(27-33-51)42-16-6-2-7-17-42)52-37-47(36-48(38-52)46-29-35-60-56(40-46)54-21-11-13-23-59(54)63-60)45-28-34-58-55(39-45)53-20-10-12-22-57(53)62(58)49-18-8-3-9-19-49/h2*1-40H. The number of hydrogen-bond donors (Lipinski definition) is 0. The summed E-state index contributed by atoms with van der Waals surface area (Å²) in [6.07, 6.45) is 0. The van der Waals surface area contributed by atoms with Crippen LogP contribution in [0.1, 0.15) is 0 Å². The zero-order valence-electron chi connectivity index (χ0n) is 68.8. The summed E-state index contributed by atoms with van der Waals surface area (Å²) in [7, 11) is 0. The summed E-state index contributed by atoms with van der Waals surface area (Å²) in [6, 6.07) is 175. The lowest BCUT2D eigenvalue weighted by Crippen LogP contribution is -2.10. The number of furan rings is 2. The first-order chi connectivity index (χ1) is 62.4. The minimum Gasteiger partial charge on any atom is -0.456 e. The highest BCUT2D eigenvalue weighted by atomic mass is 16.3. The molecule has 0 saturated heterocycles. The molecule has 6 heteroatoms. The van der Waals surface area contributed by atoms with Crippen LogP contribution < -0.4 is 9.80 Å². The molecule has 0 radical (unpaired) electrons. The van der Waals surface area contributed by atoms with Crippen molar-refractivity contribution in [1.82, 2.24) is 9.13 Å². The molecule has 0 aliphatic rings. The van der Waals surface area contributed by atoms with Crippen LogP contribution in [0.15, 0.2) is 494 Å². The minimum absolute atomic E-state index is 0.884. The zero-order chi connectivity index (χ0) is 83.4. The monoisotopic (exact) mass is 1610 g/mol. The quantitative estimate of drug-likeness (QED) is 0.0967. The summed E-state index contributed by atoms with van der Waals surface area (Å²) in [5, 5.41) is 9.33. The Kier molecular flexibility index (Phi) is 18.8. The van der Waals surface area contributed by atoms with Crippen LogP contribution in [-0.2, 0) is 0 Å². The molecule has 6 nitrogen and oxygen atoms in total. The second-order valence-corrected chi connectivity index (χ2v) is 32.3. The molecule has 592 valence electrons. The summed E-state index contributed by atoms with van der Waals surface area (Å²) < 4.78 is 17.4. The van der Waals surface area contributed by atoms with Crippen molar-refractivity contribution < 1.29 is 8.83 Å². The molecule has 4 aromatic heterocycles. The number of aromatic nitrogens is 2. The predicted octanol–water partition coefficient (Wildman–Crippen LogP) is 33.6. The molecule has 0 aliphatic heterocycles. The Hall–Kier alpha value is -16.8. The van der Waals surface area contributed by atoms with Crippen LogP contribution in [0.2, 0.25) is 0 Å². The van der Waals surface area contributed by atoms with Crippen LogP contribution in [0.3, 0.4) is 0 Å². The lowest BCUT2D eigenvalue weighted by molar-refractivity contribution is 0.668. The number of benzene rings is 20. The lowest BCUT2D eigenvalue weighted by Gasteiger charge is -2.27. The van der Waals surface area contributed by atoms with Crippen LogP contribution in [0, 0.1) is 0 Å². The first-order valence-electron chi connectivity index (χ1n) is 43.0. The van der Waals surface area contributed by atoms with E-state index in [1.165, 1.54) is 82.6 Å². The molecule has 0 bridgehead atoms. The Bertz CT molecular complexity index is 8080. The van der Waals surface area contributed by atoms with E-state index in [4.69, 9.17) is 8.83 Å². The Labute approximate surface area is 730 Å². The number of rotatable bonds is 16. The van der Waals surface area contributed by atoms with E-state index in [1.54, 1.807) is 0 Å². The highest BCUT2D eigenvalue weighted by molar-refractivity contribution is 6.13. The zero-order valence-corrected chi connectivity index (χ0v) is 68.8. The maximum Gasteiger partial charge on any atom is 0.135 e. The van der Waals surface area contributed by atoms with Crippen LogP contribution in [0.25, 0.3) is 188 Å². The van der Waals surface area contributed by atoms with Gasteiger partial charge in [-0.2, -0.15) is 0 Å². The lowest BCUT2D eigenvalue weighted by atomic mass is 9.95. The molecule has 20 aromatic carbocycles. The molecule has 0 unspecified atom stereocenters. The average molecular weight is 1610 g/mol. The van der Waals surface area contributed by atoms with Gasteiger partial charge in [0.25, 0.3) is 0 Å². The first-order valence-corrected chi connectivity index (χ1v) is 43.0. The van der Waals surface area contributed by atoms with Gasteiger partial charge in [0.05, 0.1) is 22.1 Å². The molecular weight excluding hydrogens is 1530 g/mol. The molecule has 24 rings (SSSR count). The van der Waals surface area contributed by atoms with Crippen molar-refractivity contribution in [2.75, 3.05) is 9.80 Å². The van der Waals surface area contributed by atoms with Gasteiger partial charge in [0.2, 0.25) is 0 Å². The van der Waals surface area contributed by atoms with E-state index in [9.17, 15) is 0 Å². The minimum atomic E-state index is 0.884. The smallest absolute Gasteiger partial charge is 0.135 e. The van der Waals surface area contributed by atoms with Gasteiger partial charge >= 0.3 is 0 Å². The highest BCUT2D eigenvalue weighted by Gasteiger charge is 2.24. The topological polar surface area (TPSA) is 42.6 Å². The van der Waals surface area contributed by atoms with E-state index in [0.29, 0.717) is 0 Å². The molecule has 24 aromatic rings. The van der Waals surface area contributed by atoms with E-state index in [2.05, 4.69) is 480 Å². The van der Waals surface area contributed by atoms with E-state index >= 15 is 0 Å². The first kappa shape index (κ1) is 74.3. The summed E-state index contributed by atoms with van der Waals surface area (Å²) in [5.41, 5.74) is 35.5. The Balaban J connectivity index is 0.000000145. The van der Waals surface area contributed by atoms with Gasteiger partial charge in [-0.3, -0.25) is 0 Å². The fourth-order valence-corrected chi connectivity index (χ4v) is 18.6. The summed E-state index contributed by atoms with van der Waals surface area (Å²) >= 11 is 0. The molecule has 0 saturated carbocycles. The number of nitrogens with zero attached hydrogens (tertiary/aromatic N) is 4. The fourth-order valence-electron chi connectivity index (χ4n) is 18.6. The molecule has 0 spiro atoms. The Morgan fingerprint density at radius 3 is 0.770 bits per heavy atom. The van der Waals surface area contributed by atoms with Gasteiger partial charge in [-0.1, -0.05) is 303 Å². The predicted molar refractivity (Wildman–Crippen MR) is 529 cm³/mol. The maximum atomic E-state index is 6.30. The Morgan fingerprint density at radius 2 is 0.389 bits per heavy atom. The van der Waals surface area contributed by atoms with Gasteiger partial charge in [0.1, 0.15) is 22.3 Å². The largest absolute Gasteiger partial charge is 0.456 e. The van der Waals surface area contributed by atoms with Crippen molar-refractivity contribution in [3.8, 4) is 100 Å². The number of fused-ring (bicyclic) bond motifs is 12. The van der Waals surface area contributed by atoms with Gasteiger partial charge in [-0.05, 0) is 271 Å². The van der Waals surface area contributed by atoms with Crippen molar-refractivity contribution in [1.29, 1.82) is 0 Å². The van der Waals surface area contributed by atoms with E-state index in [0.717, 1.165) is 139 Å². The van der Waals surface area contributed by atoms with Crippen LogP contribution in [0.4, 0.5) is 34.1 Å². The average Bonchev–Trinajstić information content (AvgIpc) is 1.58. The Morgan fingerprint density at radius 1 is 0.135 bits per heavy atom. The molecule has 0 N–H and O–H groups in total. The molecule has 0 amide bonds. The van der Waals surface area contributed by atoms with Crippen LogP contribution in [0.5, 0.6) is 0 Å². The molecule has 126 heavy (non-hydrogen) atoms. The van der Waals surface area contributed by atoms with E-state index in [-0.39, 0.29) is 0 Å². The third kappa shape index (κ3) is 13.9. The highest BCUT2D eigenvalue weighted by Crippen LogP contribution is 2.48. The van der Waals surface area contributed by atoms with Gasteiger partial charge in [0.15, 0.2) is 0 Å². The van der Waals surface area contributed by atoms with Crippen molar-refractivity contribution >= 4 is 122 Å². The number of hydrogen-bond acceptors (Lipinski definition) is 4. The third-order valence-corrected chi connectivity index (χ3v) is 24.7. The van der Waals surface area contributed by atoms with E-state index < -0.39 is 0 Å². The summed E-state index contributed by atoms with van der Waals surface area (Å²) in [6.45, 7) is 0.